The number of benzene rings is 1. The number of halogens is 1. The van der Waals surface area contributed by atoms with Gasteiger partial charge < -0.3 is 10.1 Å². The predicted molar refractivity (Wildman–Crippen MR) is 96.0 cm³/mol. The number of amides is 1. The molecule has 132 valence electrons. The van der Waals surface area contributed by atoms with Crippen molar-refractivity contribution in [2.24, 2.45) is 0 Å². The molecule has 1 amide bonds. The van der Waals surface area contributed by atoms with Crippen LogP contribution in [0.15, 0.2) is 36.7 Å². The number of rotatable bonds is 5. The molecule has 6 nitrogen and oxygen atoms in total. The number of aromatic nitrogens is 2. The predicted octanol–water partition coefficient (Wildman–Crippen LogP) is 2.85. The molecule has 1 saturated heterocycles. The second-order valence-electron chi connectivity index (χ2n) is 6.03. The van der Waals surface area contributed by atoms with Gasteiger partial charge in [-0.05, 0) is 31.5 Å². The molecular weight excluding hydrogens is 340 g/mol. The molecule has 1 N–H and O–H groups in total. The van der Waals surface area contributed by atoms with Gasteiger partial charge in [-0.2, -0.15) is 0 Å². The molecule has 1 aliphatic heterocycles. The first-order valence-corrected chi connectivity index (χ1v) is 8.71. The molecule has 3 rings (SSSR count). The zero-order valence-corrected chi connectivity index (χ0v) is 14.9. The van der Waals surface area contributed by atoms with Gasteiger partial charge in [0.2, 0.25) is 11.8 Å². The van der Waals surface area contributed by atoms with Crippen LogP contribution in [0.4, 0.5) is 0 Å². The summed E-state index contributed by atoms with van der Waals surface area (Å²) in [5.74, 6) is 1.23. The summed E-state index contributed by atoms with van der Waals surface area (Å²) in [5.41, 5.74) is 0.809. The Kier molecular flexibility index (Phi) is 5.83. The largest absolute Gasteiger partial charge is 0.436 e. The van der Waals surface area contributed by atoms with Gasteiger partial charge in [0.1, 0.15) is 11.4 Å². The Morgan fingerprint density at radius 3 is 2.96 bits per heavy atom. The molecule has 1 aliphatic rings. The van der Waals surface area contributed by atoms with E-state index in [1.54, 1.807) is 31.6 Å². The lowest BCUT2D eigenvalue weighted by atomic mass is 9.94. The van der Waals surface area contributed by atoms with Crippen LogP contribution >= 0.6 is 11.6 Å². The average Bonchev–Trinajstić information content (AvgIpc) is 2.64. The monoisotopic (exact) mass is 360 g/mol. The summed E-state index contributed by atoms with van der Waals surface area (Å²) in [6.45, 7) is 2.06. The molecule has 1 aromatic heterocycles. The lowest BCUT2D eigenvalue weighted by molar-refractivity contribution is -0.122. The third-order valence-electron chi connectivity index (χ3n) is 4.27. The van der Waals surface area contributed by atoms with Crippen molar-refractivity contribution in [1.82, 2.24) is 20.2 Å². The fourth-order valence-electron chi connectivity index (χ4n) is 3.03. The van der Waals surface area contributed by atoms with Gasteiger partial charge in [-0.15, -0.1) is 0 Å². The molecule has 1 aromatic carbocycles. The molecule has 2 heterocycles. The van der Waals surface area contributed by atoms with E-state index in [0.29, 0.717) is 23.2 Å². The lowest BCUT2D eigenvalue weighted by Crippen LogP contribution is -2.41. The lowest BCUT2D eigenvalue weighted by Gasteiger charge is -2.32. The van der Waals surface area contributed by atoms with Crippen LogP contribution in [0.2, 0.25) is 5.02 Å². The van der Waals surface area contributed by atoms with Gasteiger partial charge in [0.05, 0.1) is 11.6 Å². The van der Waals surface area contributed by atoms with Gasteiger partial charge in [-0.25, -0.2) is 4.98 Å². The number of hydrogen-bond acceptors (Lipinski definition) is 5. The molecule has 1 fully saturated rings. The van der Waals surface area contributed by atoms with E-state index >= 15 is 0 Å². The number of carbonyl (C=O) groups excluding carboxylic acids is 1. The van der Waals surface area contributed by atoms with Crippen LogP contribution in [-0.2, 0) is 4.79 Å². The van der Waals surface area contributed by atoms with Gasteiger partial charge >= 0.3 is 0 Å². The van der Waals surface area contributed by atoms with Crippen LogP contribution < -0.4 is 10.1 Å². The van der Waals surface area contributed by atoms with Gasteiger partial charge in [0.15, 0.2) is 0 Å². The van der Waals surface area contributed by atoms with Crippen molar-refractivity contribution in [1.29, 1.82) is 0 Å². The normalized spacial score (nSPS) is 17.9. The maximum absolute atomic E-state index is 11.6. The molecule has 2 aromatic rings. The van der Waals surface area contributed by atoms with Gasteiger partial charge in [-0.1, -0.05) is 23.7 Å². The van der Waals surface area contributed by atoms with Gasteiger partial charge in [0, 0.05) is 31.9 Å². The van der Waals surface area contributed by atoms with E-state index in [1.807, 2.05) is 12.1 Å². The van der Waals surface area contributed by atoms with Gasteiger partial charge in [0.25, 0.3) is 0 Å². The number of nitrogens with one attached hydrogen (secondary N) is 1. The van der Waals surface area contributed by atoms with Gasteiger partial charge in [-0.3, -0.25) is 14.7 Å². The van der Waals surface area contributed by atoms with E-state index in [-0.39, 0.29) is 11.8 Å². The Morgan fingerprint density at radius 2 is 2.16 bits per heavy atom. The van der Waals surface area contributed by atoms with E-state index in [0.717, 1.165) is 31.6 Å². The summed E-state index contributed by atoms with van der Waals surface area (Å²) in [4.78, 5) is 22.6. The summed E-state index contributed by atoms with van der Waals surface area (Å²) >= 11 is 6.18. The zero-order chi connectivity index (χ0) is 17.6. The molecule has 0 unspecified atom stereocenters. The highest BCUT2D eigenvalue weighted by Crippen LogP contribution is 2.34. The number of piperidine rings is 1. The first-order valence-electron chi connectivity index (χ1n) is 8.33. The number of hydrogen-bond donors (Lipinski definition) is 1. The molecule has 25 heavy (non-hydrogen) atoms. The second kappa shape index (κ2) is 8.27. The Bertz CT molecular complexity index is 741. The third-order valence-corrected chi connectivity index (χ3v) is 4.58. The van der Waals surface area contributed by atoms with E-state index in [9.17, 15) is 4.79 Å². The van der Waals surface area contributed by atoms with Crippen LogP contribution in [0.5, 0.6) is 11.6 Å². The Hall–Kier alpha value is -2.18. The minimum absolute atomic E-state index is 0.0207. The summed E-state index contributed by atoms with van der Waals surface area (Å²) < 4.78 is 5.93. The molecule has 1 atom stereocenters. The fourth-order valence-corrected chi connectivity index (χ4v) is 3.21. The van der Waals surface area contributed by atoms with Crippen LogP contribution in [0.1, 0.15) is 24.5 Å². The highest BCUT2D eigenvalue weighted by Gasteiger charge is 2.27. The number of ether oxygens (including phenoxy) is 1. The van der Waals surface area contributed by atoms with Crippen LogP contribution in [0.25, 0.3) is 0 Å². The van der Waals surface area contributed by atoms with E-state index in [1.165, 1.54) is 0 Å². The van der Waals surface area contributed by atoms with Crippen LogP contribution in [-0.4, -0.2) is 47.5 Å². The quantitative estimate of drug-likeness (QED) is 0.888. The average molecular weight is 361 g/mol. The van der Waals surface area contributed by atoms with Crippen molar-refractivity contribution in [3.63, 3.8) is 0 Å². The summed E-state index contributed by atoms with van der Waals surface area (Å²) in [5, 5.41) is 3.20. The van der Waals surface area contributed by atoms with Crippen molar-refractivity contribution in [3.8, 4) is 11.6 Å². The summed E-state index contributed by atoms with van der Waals surface area (Å²) in [6.07, 6.45) is 5.28. The van der Waals surface area contributed by atoms with Crippen molar-refractivity contribution < 1.29 is 9.53 Å². The van der Waals surface area contributed by atoms with Crippen molar-refractivity contribution in [3.05, 3.63) is 47.4 Å². The highest BCUT2D eigenvalue weighted by molar-refractivity contribution is 6.32. The maximum atomic E-state index is 11.6. The molecule has 0 aliphatic carbocycles. The highest BCUT2D eigenvalue weighted by atomic mass is 35.5. The molecule has 7 heteroatoms. The number of para-hydroxylation sites is 1. The Morgan fingerprint density at radius 1 is 1.36 bits per heavy atom. The topological polar surface area (TPSA) is 67.4 Å². The van der Waals surface area contributed by atoms with Crippen molar-refractivity contribution >= 4 is 17.5 Å². The minimum atomic E-state index is 0.0207. The Labute approximate surface area is 152 Å². The van der Waals surface area contributed by atoms with E-state index in [2.05, 4.69) is 20.2 Å². The standard InChI is InChI=1S/C18H21ClN4O2/c1-20-16(24)12-23-10-4-5-13(11-23)17-18(22-9-8-21-17)25-15-7-3-2-6-14(15)19/h2-3,6-9,13H,4-5,10-12H2,1H3,(H,20,24)/t13-/m1/s1. The molecule has 0 spiro atoms. The zero-order valence-electron chi connectivity index (χ0n) is 14.1. The minimum Gasteiger partial charge on any atom is -0.436 e. The maximum Gasteiger partial charge on any atom is 0.241 e. The number of likely N-dealkylation sites (N-methyl/N-ethyl adjacent to an activating group) is 1. The smallest absolute Gasteiger partial charge is 0.241 e. The van der Waals surface area contributed by atoms with E-state index in [4.69, 9.17) is 16.3 Å². The molecule has 0 saturated carbocycles. The molecule has 0 bridgehead atoms. The first kappa shape index (κ1) is 17.6. The van der Waals surface area contributed by atoms with Crippen molar-refractivity contribution in [2.45, 2.75) is 18.8 Å². The second-order valence-corrected chi connectivity index (χ2v) is 6.43. The molecular formula is C18H21ClN4O2. The summed E-state index contributed by atoms with van der Waals surface area (Å²) in [6, 6.07) is 7.30. The summed E-state index contributed by atoms with van der Waals surface area (Å²) in [7, 11) is 1.65. The van der Waals surface area contributed by atoms with E-state index < -0.39 is 0 Å². The van der Waals surface area contributed by atoms with Crippen molar-refractivity contribution in [2.75, 3.05) is 26.7 Å². The SMILES string of the molecule is CNC(=O)CN1CCC[C@@H](c2nccnc2Oc2ccccc2Cl)C1. The number of carbonyl (C=O) groups is 1. The fraction of sp³-hybridized carbons (Fsp3) is 0.389. The number of likely N-dealkylation sites (tertiary alicyclic amines) is 1. The van der Waals surface area contributed by atoms with Crippen LogP contribution in [0.3, 0.4) is 0 Å². The Balaban J connectivity index is 1.78. The molecule has 0 radical (unpaired) electrons. The van der Waals surface area contributed by atoms with Crippen LogP contribution in [0, 0.1) is 0 Å². The third kappa shape index (κ3) is 4.46. The number of nitrogens with zero attached hydrogens (tertiary/aromatic N) is 3. The first-order chi connectivity index (χ1) is 12.2.